The minimum absolute atomic E-state index is 0.202. The molecule has 9 rings (SSSR count). The van der Waals surface area contributed by atoms with Gasteiger partial charge < -0.3 is 14.7 Å². The van der Waals surface area contributed by atoms with Crippen LogP contribution in [-0.2, 0) is 4.79 Å². The van der Waals surface area contributed by atoms with Crippen molar-refractivity contribution in [3.05, 3.63) is 164 Å². The lowest BCUT2D eigenvalue weighted by Gasteiger charge is -2.26. The van der Waals surface area contributed by atoms with Gasteiger partial charge in [-0.3, -0.25) is 4.79 Å². The largest absolute Gasteiger partial charge is 0.507 e. The summed E-state index contributed by atoms with van der Waals surface area (Å²) >= 11 is 3.15. The van der Waals surface area contributed by atoms with Gasteiger partial charge in [0.2, 0.25) is 0 Å². The Morgan fingerprint density at radius 2 is 1.00 bits per heavy atom. The maximum absolute atomic E-state index is 12.2. The summed E-state index contributed by atoms with van der Waals surface area (Å²) < 4.78 is 7.89. The molecule has 0 bridgehead atoms. The maximum atomic E-state index is 12.2. The first-order valence-electron chi connectivity index (χ1n) is 17.4. The Labute approximate surface area is 319 Å². The van der Waals surface area contributed by atoms with Crippen molar-refractivity contribution in [1.29, 1.82) is 0 Å². The lowest BCUT2D eigenvalue weighted by Crippen LogP contribution is -2.09. The fraction of sp³-hybridized carbons (Fsp3) is 0.0217. The van der Waals surface area contributed by atoms with Crippen LogP contribution in [0.1, 0.15) is 6.92 Å². The van der Waals surface area contributed by atoms with Gasteiger partial charge in [-0.2, -0.15) is 0 Å². The van der Waals surface area contributed by atoms with E-state index in [-0.39, 0.29) is 11.7 Å². The first kappa shape index (κ1) is 33.2. The zero-order valence-electron chi connectivity index (χ0n) is 29.0. The number of fused-ring (bicyclic) bond motifs is 2. The summed E-state index contributed by atoms with van der Waals surface area (Å²) in [5.74, 6) is 0.300. The molecule has 2 aromatic heterocycles. The third-order valence-corrected chi connectivity index (χ3v) is 11.4. The van der Waals surface area contributed by atoms with Crippen molar-refractivity contribution in [2.45, 2.75) is 6.92 Å². The van der Waals surface area contributed by atoms with Crippen LogP contribution in [0.4, 0.5) is 17.1 Å². The Morgan fingerprint density at radius 3 is 1.54 bits per heavy atom. The molecule has 0 fully saturated rings. The van der Waals surface area contributed by atoms with E-state index < -0.39 is 0 Å². The normalized spacial score (nSPS) is 11.2. The second kappa shape index (κ2) is 14.1. The van der Waals surface area contributed by atoms with Gasteiger partial charge in [0.25, 0.3) is 0 Å². The molecular weight excluding hydrogens is 707 g/mol. The minimum atomic E-state index is -0.382. The summed E-state index contributed by atoms with van der Waals surface area (Å²) in [7, 11) is 0. The summed E-state index contributed by atoms with van der Waals surface area (Å²) in [5.41, 5.74) is 10.2. The highest BCUT2D eigenvalue weighted by Gasteiger charge is 2.17. The van der Waals surface area contributed by atoms with Gasteiger partial charge >= 0.3 is 5.97 Å². The predicted octanol–water partition coefficient (Wildman–Crippen LogP) is 12.7. The van der Waals surface area contributed by atoms with Crippen molar-refractivity contribution >= 4 is 66.1 Å². The molecule has 1 N–H and O–H groups in total. The van der Waals surface area contributed by atoms with Crippen molar-refractivity contribution in [2.24, 2.45) is 0 Å². The van der Waals surface area contributed by atoms with E-state index in [1.807, 2.05) is 103 Å². The molecule has 0 atom stereocenters. The second-order valence-corrected chi connectivity index (χ2v) is 14.8. The number of nitrogens with zero attached hydrogens (tertiary/aromatic N) is 3. The van der Waals surface area contributed by atoms with E-state index >= 15 is 0 Å². The lowest BCUT2D eigenvalue weighted by molar-refractivity contribution is -0.131. The molecule has 0 aliphatic rings. The SMILES string of the molecule is CC(=O)Oc1cc(-c2ccc(N(c3ccccc3)c3ccc(-c4ccc(-c5nc6ccccc6s5)c(O)c4)cc3)cc2)ccc1-c1nc2ccccc2s1. The summed E-state index contributed by atoms with van der Waals surface area (Å²) in [6.07, 6.45) is 0. The van der Waals surface area contributed by atoms with E-state index in [9.17, 15) is 9.90 Å². The average molecular weight is 738 g/mol. The number of carbonyl (C=O) groups excluding carboxylic acids is 1. The molecule has 2 heterocycles. The number of phenols is 1. The first-order chi connectivity index (χ1) is 26.5. The Bertz CT molecular complexity index is 2730. The van der Waals surface area contributed by atoms with E-state index in [1.165, 1.54) is 6.92 Å². The Balaban J connectivity index is 1.01. The molecule has 54 heavy (non-hydrogen) atoms. The van der Waals surface area contributed by atoms with E-state index in [4.69, 9.17) is 14.7 Å². The molecule has 0 unspecified atom stereocenters. The number of thiazole rings is 2. The van der Waals surface area contributed by atoms with Crippen LogP contribution in [0.15, 0.2) is 164 Å². The van der Waals surface area contributed by atoms with Crippen molar-refractivity contribution < 1.29 is 14.6 Å². The molecule has 0 radical (unpaired) electrons. The molecule has 0 saturated carbocycles. The minimum Gasteiger partial charge on any atom is -0.507 e. The molecule has 7 aromatic carbocycles. The van der Waals surface area contributed by atoms with Crippen molar-refractivity contribution in [2.75, 3.05) is 4.90 Å². The van der Waals surface area contributed by atoms with Crippen LogP contribution in [0.3, 0.4) is 0 Å². The Kier molecular flexibility index (Phi) is 8.67. The predicted molar refractivity (Wildman–Crippen MR) is 222 cm³/mol. The van der Waals surface area contributed by atoms with Crippen LogP contribution >= 0.6 is 22.7 Å². The number of esters is 1. The number of rotatable bonds is 8. The standard InChI is InChI=1S/C46H31N3O3S2/c1-29(50)52-42-28-33(20-26-38(42)46-48-40-12-6-8-14-44(40)54-46)31-17-23-36(24-18-31)49(34-9-3-2-4-10-34)35-21-15-30(16-22-35)32-19-25-37(41(51)27-32)45-47-39-11-5-7-13-43(39)53-45/h2-28,51H,1H3. The van der Waals surface area contributed by atoms with Gasteiger partial charge in [-0.05, 0) is 107 Å². The molecule has 6 nitrogen and oxygen atoms in total. The highest BCUT2D eigenvalue weighted by Crippen LogP contribution is 2.41. The average Bonchev–Trinajstić information content (AvgIpc) is 3.84. The summed E-state index contributed by atoms with van der Waals surface area (Å²) in [4.78, 5) is 23.9. The van der Waals surface area contributed by atoms with Crippen LogP contribution in [0.5, 0.6) is 11.5 Å². The van der Waals surface area contributed by atoms with Gasteiger partial charge in [0.1, 0.15) is 21.5 Å². The van der Waals surface area contributed by atoms with Gasteiger partial charge in [0.15, 0.2) is 0 Å². The smallest absolute Gasteiger partial charge is 0.308 e. The first-order valence-corrected chi connectivity index (χ1v) is 19.0. The number of anilines is 3. The lowest BCUT2D eigenvalue weighted by atomic mass is 10.0. The van der Waals surface area contributed by atoms with Crippen molar-refractivity contribution in [1.82, 2.24) is 9.97 Å². The Hall–Kier alpha value is -6.61. The van der Waals surface area contributed by atoms with E-state index in [0.29, 0.717) is 5.75 Å². The topological polar surface area (TPSA) is 75.5 Å². The molecule has 9 aromatic rings. The number of carbonyl (C=O) groups is 1. The number of aromatic nitrogens is 2. The number of phenolic OH excluding ortho intramolecular Hbond substituents is 1. The molecule has 0 aliphatic heterocycles. The summed E-state index contributed by atoms with van der Waals surface area (Å²) in [6, 6.07) is 54.7. The fourth-order valence-electron chi connectivity index (χ4n) is 6.61. The highest BCUT2D eigenvalue weighted by molar-refractivity contribution is 7.22. The van der Waals surface area contributed by atoms with Gasteiger partial charge in [0, 0.05) is 24.0 Å². The zero-order chi connectivity index (χ0) is 36.6. The van der Waals surface area contributed by atoms with Crippen LogP contribution in [0, 0.1) is 0 Å². The molecule has 260 valence electrons. The number of aromatic hydroxyl groups is 1. The van der Waals surface area contributed by atoms with E-state index in [0.717, 1.165) is 80.9 Å². The van der Waals surface area contributed by atoms with Crippen LogP contribution in [0.2, 0.25) is 0 Å². The fourth-order valence-corrected chi connectivity index (χ4v) is 8.61. The van der Waals surface area contributed by atoms with Crippen LogP contribution in [-0.4, -0.2) is 21.0 Å². The van der Waals surface area contributed by atoms with Crippen LogP contribution < -0.4 is 9.64 Å². The monoisotopic (exact) mass is 737 g/mol. The van der Waals surface area contributed by atoms with E-state index in [1.54, 1.807) is 22.7 Å². The van der Waals surface area contributed by atoms with Gasteiger partial charge in [-0.15, -0.1) is 22.7 Å². The zero-order valence-corrected chi connectivity index (χ0v) is 30.6. The van der Waals surface area contributed by atoms with E-state index in [2.05, 4.69) is 65.6 Å². The number of benzene rings is 7. The third-order valence-electron chi connectivity index (χ3n) is 9.21. The molecule has 0 spiro atoms. The summed E-state index contributed by atoms with van der Waals surface area (Å²) in [6.45, 7) is 1.42. The third kappa shape index (κ3) is 6.49. The van der Waals surface area contributed by atoms with Gasteiger partial charge in [0.05, 0.1) is 31.6 Å². The Morgan fingerprint density at radius 1 is 0.537 bits per heavy atom. The van der Waals surface area contributed by atoms with Crippen molar-refractivity contribution in [3.8, 4) is 54.9 Å². The molecule has 0 aliphatic carbocycles. The number of para-hydroxylation sites is 3. The summed E-state index contributed by atoms with van der Waals surface area (Å²) in [5, 5.41) is 12.7. The number of hydrogen-bond donors (Lipinski definition) is 1. The maximum Gasteiger partial charge on any atom is 0.308 e. The molecule has 0 amide bonds. The second-order valence-electron chi connectivity index (χ2n) is 12.8. The number of hydrogen-bond acceptors (Lipinski definition) is 8. The van der Waals surface area contributed by atoms with Crippen molar-refractivity contribution in [3.63, 3.8) is 0 Å². The molecular formula is C46H31N3O3S2. The quantitative estimate of drug-likeness (QED) is 0.124. The van der Waals surface area contributed by atoms with Gasteiger partial charge in [-0.25, -0.2) is 9.97 Å². The highest BCUT2D eigenvalue weighted by atomic mass is 32.1. The van der Waals surface area contributed by atoms with Gasteiger partial charge in [-0.1, -0.05) is 78.9 Å². The molecule has 0 saturated heterocycles. The number of ether oxygens (including phenoxy) is 1. The molecule has 8 heteroatoms. The van der Waals surface area contributed by atoms with Crippen LogP contribution in [0.25, 0.3) is 63.8 Å².